The standard InChI is InChI=1S/C11H11N3O2/c1-8(15)5-11-13-10(14-16-11)6-9-3-2-4-12-7-9/h2-4,7H,5-6H2,1H3. The van der Waals surface area contributed by atoms with Gasteiger partial charge in [-0.15, -0.1) is 0 Å². The molecule has 2 rings (SSSR count). The molecule has 82 valence electrons. The molecule has 0 radical (unpaired) electrons. The van der Waals surface area contributed by atoms with Gasteiger partial charge in [0, 0.05) is 18.8 Å². The van der Waals surface area contributed by atoms with Crippen molar-refractivity contribution in [1.29, 1.82) is 0 Å². The van der Waals surface area contributed by atoms with Crippen molar-refractivity contribution in [3.63, 3.8) is 0 Å². The van der Waals surface area contributed by atoms with Crippen molar-refractivity contribution in [3.05, 3.63) is 41.8 Å². The van der Waals surface area contributed by atoms with Crippen LogP contribution < -0.4 is 0 Å². The van der Waals surface area contributed by atoms with E-state index in [2.05, 4.69) is 15.1 Å². The lowest BCUT2D eigenvalue weighted by Crippen LogP contribution is -1.97. The van der Waals surface area contributed by atoms with Gasteiger partial charge in [0.2, 0.25) is 5.89 Å². The molecule has 2 aromatic rings. The summed E-state index contributed by atoms with van der Waals surface area (Å²) >= 11 is 0. The minimum atomic E-state index is 0.0107. The smallest absolute Gasteiger partial charge is 0.234 e. The molecule has 0 spiro atoms. The normalized spacial score (nSPS) is 10.3. The zero-order valence-electron chi connectivity index (χ0n) is 8.88. The summed E-state index contributed by atoms with van der Waals surface area (Å²) in [5.74, 6) is 0.951. The summed E-state index contributed by atoms with van der Waals surface area (Å²) in [5.41, 5.74) is 1.01. The Hall–Kier alpha value is -2.04. The Morgan fingerprint density at radius 1 is 1.50 bits per heavy atom. The quantitative estimate of drug-likeness (QED) is 0.769. The summed E-state index contributed by atoms with van der Waals surface area (Å²) in [6, 6.07) is 3.79. The van der Waals surface area contributed by atoms with Gasteiger partial charge in [-0.05, 0) is 18.6 Å². The summed E-state index contributed by atoms with van der Waals surface area (Å²) in [4.78, 5) is 19.0. The number of hydrogen-bond acceptors (Lipinski definition) is 5. The number of carbonyl (C=O) groups is 1. The van der Waals surface area contributed by atoms with Gasteiger partial charge in [0.05, 0.1) is 6.42 Å². The van der Waals surface area contributed by atoms with Crippen LogP contribution in [0.1, 0.15) is 24.2 Å². The maximum Gasteiger partial charge on any atom is 0.234 e. The summed E-state index contributed by atoms with van der Waals surface area (Å²) < 4.78 is 4.95. The van der Waals surface area contributed by atoms with E-state index in [1.807, 2.05) is 12.1 Å². The molecule has 2 heterocycles. The van der Waals surface area contributed by atoms with Gasteiger partial charge in [-0.1, -0.05) is 11.2 Å². The molecule has 2 aromatic heterocycles. The highest BCUT2D eigenvalue weighted by molar-refractivity contribution is 5.77. The zero-order chi connectivity index (χ0) is 11.4. The minimum absolute atomic E-state index is 0.0107. The van der Waals surface area contributed by atoms with Crippen LogP contribution in [0.15, 0.2) is 29.0 Å². The van der Waals surface area contributed by atoms with Gasteiger partial charge in [0.1, 0.15) is 5.78 Å². The van der Waals surface area contributed by atoms with Gasteiger partial charge < -0.3 is 4.52 Å². The molecule has 0 atom stereocenters. The first-order valence-corrected chi connectivity index (χ1v) is 4.94. The van der Waals surface area contributed by atoms with Gasteiger partial charge in [-0.2, -0.15) is 4.98 Å². The van der Waals surface area contributed by atoms with Crippen LogP contribution in [0, 0.1) is 0 Å². The Morgan fingerprint density at radius 2 is 2.38 bits per heavy atom. The number of nitrogens with zero attached hydrogens (tertiary/aromatic N) is 3. The maximum atomic E-state index is 10.8. The molecule has 0 N–H and O–H groups in total. The molecule has 5 heteroatoms. The Kier molecular flexibility index (Phi) is 3.05. The molecule has 0 aromatic carbocycles. The number of carbonyl (C=O) groups excluding carboxylic acids is 1. The number of aromatic nitrogens is 3. The SMILES string of the molecule is CC(=O)Cc1nc(Cc2cccnc2)no1. The molecule has 0 aliphatic rings. The lowest BCUT2D eigenvalue weighted by molar-refractivity contribution is -0.116. The average Bonchev–Trinajstić information content (AvgIpc) is 2.66. The van der Waals surface area contributed by atoms with Crippen molar-refractivity contribution in [1.82, 2.24) is 15.1 Å². The first kappa shape index (κ1) is 10.5. The highest BCUT2D eigenvalue weighted by Crippen LogP contribution is 2.05. The second-order valence-corrected chi connectivity index (χ2v) is 3.52. The summed E-state index contributed by atoms with van der Waals surface area (Å²) in [5, 5.41) is 3.80. The van der Waals surface area contributed by atoms with Crippen molar-refractivity contribution in [2.24, 2.45) is 0 Å². The molecular weight excluding hydrogens is 206 g/mol. The van der Waals surface area contributed by atoms with Crippen molar-refractivity contribution in [2.75, 3.05) is 0 Å². The van der Waals surface area contributed by atoms with E-state index in [-0.39, 0.29) is 12.2 Å². The Balaban J connectivity index is 2.06. The number of ketones is 1. The van der Waals surface area contributed by atoms with Crippen molar-refractivity contribution < 1.29 is 9.32 Å². The molecule has 5 nitrogen and oxygen atoms in total. The first-order chi connectivity index (χ1) is 7.74. The van der Waals surface area contributed by atoms with E-state index in [0.717, 1.165) is 5.56 Å². The number of pyridine rings is 1. The van der Waals surface area contributed by atoms with Crippen LogP contribution in [-0.4, -0.2) is 20.9 Å². The molecule has 0 amide bonds. The predicted octanol–water partition coefficient (Wildman–Crippen LogP) is 1.19. The van der Waals surface area contributed by atoms with E-state index in [1.54, 1.807) is 12.4 Å². The predicted molar refractivity (Wildman–Crippen MR) is 55.7 cm³/mol. The van der Waals surface area contributed by atoms with Crippen molar-refractivity contribution in [2.45, 2.75) is 19.8 Å². The molecule has 0 aliphatic heterocycles. The second kappa shape index (κ2) is 4.65. The molecule has 16 heavy (non-hydrogen) atoms. The lowest BCUT2D eigenvalue weighted by atomic mass is 10.2. The Morgan fingerprint density at radius 3 is 3.06 bits per heavy atom. The summed E-state index contributed by atoms with van der Waals surface area (Å²) in [7, 11) is 0. The van der Waals surface area contributed by atoms with E-state index < -0.39 is 0 Å². The van der Waals surface area contributed by atoms with E-state index in [9.17, 15) is 4.79 Å². The zero-order valence-corrected chi connectivity index (χ0v) is 8.88. The molecule has 0 bridgehead atoms. The number of rotatable bonds is 4. The molecule has 0 saturated heterocycles. The number of Topliss-reactive ketones (excluding diaryl/α,β-unsaturated/α-hetero) is 1. The largest absolute Gasteiger partial charge is 0.339 e. The molecule has 0 fully saturated rings. The van der Waals surface area contributed by atoms with Crippen LogP contribution in [0.25, 0.3) is 0 Å². The molecule has 0 unspecified atom stereocenters. The van der Waals surface area contributed by atoms with E-state index in [0.29, 0.717) is 18.1 Å². The van der Waals surface area contributed by atoms with Crippen molar-refractivity contribution >= 4 is 5.78 Å². The average molecular weight is 217 g/mol. The van der Waals surface area contributed by atoms with Gasteiger partial charge in [0.25, 0.3) is 0 Å². The highest BCUT2D eigenvalue weighted by Gasteiger charge is 2.08. The topological polar surface area (TPSA) is 68.9 Å². The third kappa shape index (κ3) is 2.73. The van der Waals surface area contributed by atoms with Gasteiger partial charge in [-0.3, -0.25) is 9.78 Å². The van der Waals surface area contributed by atoms with E-state index >= 15 is 0 Å². The fourth-order valence-corrected chi connectivity index (χ4v) is 1.33. The van der Waals surface area contributed by atoms with Gasteiger partial charge in [0.15, 0.2) is 5.82 Å². The second-order valence-electron chi connectivity index (χ2n) is 3.52. The van der Waals surface area contributed by atoms with Crippen molar-refractivity contribution in [3.8, 4) is 0 Å². The molecule has 0 saturated carbocycles. The summed E-state index contributed by atoms with van der Waals surface area (Å²) in [6.07, 6.45) is 4.22. The fourth-order valence-electron chi connectivity index (χ4n) is 1.33. The van der Waals surface area contributed by atoms with Gasteiger partial charge in [-0.25, -0.2) is 0 Å². The first-order valence-electron chi connectivity index (χ1n) is 4.94. The lowest BCUT2D eigenvalue weighted by Gasteiger charge is -1.93. The Bertz CT molecular complexity index is 479. The Labute approximate surface area is 92.5 Å². The third-order valence-electron chi connectivity index (χ3n) is 2.00. The molecule has 0 aliphatic carbocycles. The highest BCUT2D eigenvalue weighted by atomic mass is 16.5. The van der Waals surface area contributed by atoms with E-state index in [1.165, 1.54) is 6.92 Å². The minimum Gasteiger partial charge on any atom is -0.339 e. The van der Waals surface area contributed by atoms with E-state index in [4.69, 9.17) is 4.52 Å². The number of hydrogen-bond donors (Lipinski definition) is 0. The van der Waals surface area contributed by atoms with Crippen LogP contribution in [-0.2, 0) is 17.6 Å². The van der Waals surface area contributed by atoms with Crippen LogP contribution in [0.2, 0.25) is 0 Å². The van der Waals surface area contributed by atoms with Crippen LogP contribution in [0.3, 0.4) is 0 Å². The molecular formula is C11H11N3O2. The van der Waals surface area contributed by atoms with Crippen LogP contribution in [0.5, 0.6) is 0 Å². The third-order valence-corrected chi connectivity index (χ3v) is 2.00. The fraction of sp³-hybridized carbons (Fsp3) is 0.273. The van der Waals surface area contributed by atoms with Gasteiger partial charge >= 0.3 is 0 Å². The monoisotopic (exact) mass is 217 g/mol. The van der Waals surface area contributed by atoms with Crippen LogP contribution in [0.4, 0.5) is 0 Å². The summed E-state index contributed by atoms with van der Waals surface area (Å²) in [6.45, 7) is 1.49. The van der Waals surface area contributed by atoms with Crippen LogP contribution >= 0.6 is 0 Å². The maximum absolute atomic E-state index is 10.8.